The highest BCUT2D eigenvalue weighted by atomic mass is 19.1. The van der Waals surface area contributed by atoms with Gasteiger partial charge in [-0.15, -0.1) is 0 Å². The van der Waals surface area contributed by atoms with Gasteiger partial charge in [-0.2, -0.15) is 0 Å². The van der Waals surface area contributed by atoms with E-state index < -0.39 is 0 Å². The molecule has 0 unspecified atom stereocenters. The molecule has 0 saturated heterocycles. The molecular weight excluding hydrogens is 179 g/mol. The summed E-state index contributed by atoms with van der Waals surface area (Å²) in [6.45, 7) is 0. The predicted octanol–water partition coefficient (Wildman–Crippen LogP) is 2.12. The van der Waals surface area contributed by atoms with Crippen LogP contribution >= 0.6 is 0 Å². The van der Waals surface area contributed by atoms with Gasteiger partial charge in [0.15, 0.2) is 0 Å². The molecule has 1 saturated carbocycles. The van der Waals surface area contributed by atoms with Crippen molar-refractivity contribution >= 4 is 10.9 Å². The molecule has 1 aromatic carbocycles. The topological polar surface area (TPSA) is 41.8 Å². The molecule has 0 amide bonds. The molecule has 2 atom stereocenters. The van der Waals surface area contributed by atoms with Crippen molar-refractivity contribution in [3.8, 4) is 0 Å². The van der Waals surface area contributed by atoms with Gasteiger partial charge >= 0.3 is 0 Å². The zero-order valence-corrected chi connectivity index (χ0v) is 7.63. The number of H-pyrrole nitrogens is 1. The molecule has 3 rings (SSSR count). The number of rotatable bonds is 1. The van der Waals surface area contributed by atoms with Gasteiger partial charge in [0, 0.05) is 29.1 Å². The van der Waals surface area contributed by atoms with Gasteiger partial charge in [-0.3, -0.25) is 0 Å². The Morgan fingerprint density at radius 3 is 2.93 bits per heavy atom. The molecule has 3 N–H and O–H groups in total. The Bertz CT molecular complexity index is 489. The lowest BCUT2D eigenvalue weighted by molar-refractivity contribution is 0.629. The van der Waals surface area contributed by atoms with E-state index in [1.165, 1.54) is 6.07 Å². The van der Waals surface area contributed by atoms with Crippen LogP contribution < -0.4 is 5.73 Å². The van der Waals surface area contributed by atoms with Crippen LogP contribution in [0.1, 0.15) is 17.9 Å². The highest BCUT2D eigenvalue weighted by Crippen LogP contribution is 2.42. The first-order chi connectivity index (χ1) is 6.75. The minimum atomic E-state index is -0.187. The van der Waals surface area contributed by atoms with E-state index in [-0.39, 0.29) is 11.9 Å². The lowest BCUT2D eigenvalue weighted by Crippen LogP contribution is -2.00. The summed E-state index contributed by atoms with van der Waals surface area (Å²) in [4.78, 5) is 3.14. The summed E-state index contributed by atoms with van der Waals surface area (Å²) in [7, 11) is 0. The average Bonchev–Trinajstić information content (AvgIpc) is 2.75. The number of benzene rings is 1. The molecule has 0 radical (unpaired) electrons. The molecule has 1 fully saturated rings. The number of nitrogens with two attached hydrogens (primary N) is 1. The van der Waals surface area contributed by atoms with Gasteiger partial charge < -0.3 is 10.7 Å². The zero-order valence-electron chi connectivity index (χ0n) is 7.63. The van der Waals surface area contributed by atoms with Crippen LogP contribution in [0.3, 0.4) is 0 Å². The summed E-state index contributed by atoms with van der Waals surface area (Å²) in [5, 5.41) is 0.975. The molecule has 1 aliphatic rings. The van der Waals surface area contributed by atoms with Gasteiger partial charge in [0.2, 0.25) is 0 Å². The molecule has 1 heterocycles. The van der Waals surface area contributed by atoms with Crippen molar-refractivity contribution in [1.82, 2.24) is 4.98 Å². The standard InChI is InChI=1S/C11H11FN2/c12-6-1-2-11-8(3-6)9(5-14-11)7-4-10(7)13/h1-3,5,7,10,14H,4,13H2/t7-,10+/m1/s1. The number of hydrogen-bond acceptors (Lipinski definition) is 1. The Labute approximate surface area is 80.9 Å². The number of aromatic nitrogens is 1. The molecule has 2 aromatic rings. The van der Waals surface area contributed by atoms with E-state index in [1.807, 2.05) is 6.20 Å². The molecule has 14 heavy (non-hydrogen) atoms. The number of nitrogens with one attached hydrogen (secondary N) is 1. The lowest BCUT2D eigenvalue weighted by atomic mass is 10.1. The van der Waals surface area contributed by atoms with Crippen molar-refractivity contribution in [2.75, 3.05) is 0 Å². The monoisotopic (exact) mass is 190 g/mol. The maximum absolute atomic E-state index is 13.0. The van der Waals surface area contributed by atoms with Gasteiger partial charge in [0.25, 0.3) is 0 Å². The summed E-state index contributed by atoms with van der Waals surface area (Å²) < 4.78 is 13.0. The molecule has 0 bridgehead atoms. The Balaban J connectivity index is 2.19. The van der Waals surface area contributed by atoms with E-state index in [9.17, 15) is 4.39 Å². The molecule has 2 nitrogen and oxygen atoms in total. The van der Waals surface area contributed by atoms with Crippen LogP contribution in [0, 0.1) is 5.82 Å². The molecule has 1 aliphatic carbocycles. The van der Waals surface area contributed by atoms with Crippen molar-refractivity contribution in [1.29, 1.82) is 0 Å². The van der Waals surface area contributed by atoms with Crippen LogP contribution in [-0.2, 0) is 0 Å². The van der Waals surface area contributed by atoms with E-state index in [0.717, 1.165) is 22.9 Å². The molecule has 72 valence electrons. The summed E-state index contributed by atoms with van der Waals surface area (Å²) >= 11 is 0. The summed E-state index contributed by atoms with van der Waals surface area (Å²) in [6.07, 6.45) is 2.96. The van der Waals surface area contributed by atoms with Gasteiger partial charge in [0.1, 0.15) is 5.82 Å². The maximum Gasteiger partial charge on any atom is 0.123 e. The van der Waals surface area contributed by atoms with Gasteiger partial charge in [-0.1, -0.05) is 0 Å². The Morgan fingerprint density at radius 1 is 1.43 bits per heavy atom. The SMILES string of the molecule is N[C@H]1C[C@@H]1c1c[nH]c2ccc(F)cc12. The van der Waals surface area contributed by atoms with Crippen LogP contribution in [0.2, 0.25) is 0 Å². The van der Waals surface area contributed by atoms with Crippen LogP contribution in [-0.4, -0.2) is 11.0 Å². The van der Waals surface area contributed by atoms with E-state index in [4.69, 9.17) is 5.73 Å². The number of hydrogen-bond donors (Lipinski definition) is 2. The quantitative estimate of drug-likeness (QED) is 0.710. The first-order valence-electron chi connectivity index (χ1n) is 4.78. The second-order valence-electron chi connectivity index (χ2n) is 3.94. The third-order valence-corrected chi connectivity index (χ3v) is 2.92. The van der Waals surface area contributed by atoms with E-state index >= 15 is 0 Å². The lowest BCUT2D eigenvalue weighted by Gasteiger charge is -1.95. The summed E-state index contributed by atoms with van der Waals surface area (Å²) in [6, 6.07) is 5.07. The number of halogens is 1. The molecular formula is C11H11FN2. The fraction of sp³-hybridized carbons (Fsp3) is 0.273. The number of fused-ring (bicyclic) bond motifs is 1. The fourth-order valence-electron chi connectivity index (χ4n) is 1.99. The zero-order chi connectivity index (χ0) is 9.71. The van der Waals surface area contributed by atoms with Crippen LogP contribution in [0.25, 0.3) is 10.9 Å². The first kappa shape index (κ1) is 8.00. The highest BCUT2D eigenvalue weighted by Gasteiger charge is 2.36. The Morgan fingerprint density at radius 2 is 2.21 bits per heavy atom. The highest BCUT2D eigenvalue weighted by molar-refractivity contribution is 5.84. The second kappa shape index (κ2) is 2.58. The van der Waals surface area contributed by atoms with Gasteiger partial charge in [-0.05, 0) is 30.2 Å². The van der Waals surface area contributed by atoms with Crippen molar-refractivity contribution in [2.24, 2.45) is 5.73 Å². The molecule has 3 heteroatoms. The van der Waals surface area contributed by atoms with Crippen molar-refractivity contribution < 1.29 is 4.39 Å². The third-order valence-electron chi connectivity index (χ3n) is 2.92. The maximum atomic E-state index is 13.0. The first-order valence-corrected chi connectivity index (χ1v) is 4.78. The average molecular weight is 190 g/mol. The van der Waals surface area contributed by atoms with Gasteiger partial charge in [-0.25, -0.2) is 4.39 Å². The normalized spacial score (nSPS) is 25.6. The van der Waals surface area contributed by atoms with Crippen molar-refractivity contribution in [3.63, 3.8) is 0 Å². The third kappa shape index (κ3) is 1.06. The van der Waals surface area contributed by atoms with E-state index in [1.54, 1.807) is 12.1 Å². The molecule has 1 aromatic heterocycles. The van der Waals surface area contributed by atoms with Gasteiger partial charge in [0.05, 0.1) is 0 Å². The van der Waals surface area contributed by atoms with Crippen LogP contribution in [0.5, 0.6) is 0 Å². The molecule has 0 aliphatic heterocycles. The summed E-state index contributed by atoms with van der Waals surface area (Å²) in [5.41, 5.74) is 7.92. The Kier molecular flexibility index (Phi) is 1.47. The molecule has 0 spiro atoms. The predicted molar refractivity (Wildman–Crippen MR) is 53.6 cm³/mol. The van der Waals surface area contributed by atoms with E-state index in [0.29, 0.717) is 5.92 Å². The minimum Gasteiger partial charge on any atom is -0.361 e. The smallest absolute Gasteiger partial charge is 0.123 e. The second-order valence-corrected chi connectivity index (χ2v) is 3.94. The van der Waals surface area contributed by atoms with Crippen molar-refractivity contribution in [3.05, 3.63) is 35.8 Å². The largest absolute Gasteiger partial charge is 0.361 e. The van der Waals surface area contributed by atoms with E-state index in [2.05, 4.69) is 4.98 Å². The summed E-state index contributed by atoms with van der Waals surface area (Å²) in [5.74, 6) is 0.234. The van der Waals surface area contributed by atoms with Crippen LogP contribution in [0.15, 0.2) is 24.4 Å². The van der Waals surface area contributed by atoms with Crippen molar-refractivity contribution in [2.45, 2.75) is 18.4 Å². The number of aromatic amines is 1. The van der Waals surface area contributed by atoms with Crippen LogP contribution in [0.4, 0.5) is 4.39 Å². The minimum absolute atomic E-state index is 0.187. The Hall–Kier alpha value is -1.35. The fourth-order valence-corrected chi connectivity index (χ4v) is 1.99.